The van der Waals surface area contributed by atoms with E-state index in [-0.39, 0.29) is 0 Å². The number of aromatic nitrogens is 2. The number of hydrogen-bond donors (Lipinski definition) is 1. The maximum atomic E-state index is 4.10. The Bertz CT molecular complexity index is 229. The van der Waals surface area contributed by atoms with Crippen LogP contribution < -0.4 is 0 Å². The van der Waals surface area contributed by atoms with E-state index in [1.807, 2.05) is 11.8 Å². The molecule has 3 heteroatoms. The van der Waals surface area contributed by atoms with Crippen LogP contribution in [-0.4, -0.2) is 10.2 Å². The average Bonchev–Trinajstić information content (AvgIpc) is 2.35. The fraction of sp³-hybridized carbons (Fsp3) is 0.500. The number of hydrogen-bond acceptors (Lipinski definition) is 2. The number of fused-ring (bicyclic) bond motifs is 1. The average molecular weight is 140 g/mol. The van der Waals surface area contributed by atoms with Crippen LogP contribution in [0.25, 0.3) is 0 Å². The van der Waals surface area contributed by atoms with E-state index < -0.39 is 0 Å². The van der Waals surface area contributed by atoms with Crippen molar-refractivity contribution in [3.63, 3.8) is 0 Å². The smallest absolute Gasteiger partial charge is 0.0634 e. The molecule has 2 nitrogen and oxygen atoms in total. The second-order valence-electron chi connectivity index (χ2n) is 2.26. The van der Waals surface area contributed by atoms with Gasteiger partial charge in [-0.3, -0.25) is 5.10 Å². The monoisotopic (exact) mass is 140 g/mol. The highest BCUT2D eigenvalue weighted by Crippen LogP contribution is 2.29. The van der Waals surface area contributed by atoms with Gasteiger partial charge in [0.15, 0.2) is 0 Å². The largest absolute Gasteiger partial charge is 0.281 e. The summed E-state index contributed by atoms with van der Waals surface area (Å²) in [7, 11) is 0. The first-order valence-electron chi connectivity index (χ1n) is 2.98. The van der Waals surface area contributed by atoms with E-state index >= 15 is 0 Å². The summed E-state index contributed by atoms with van der Waals surface area (Å²) in [5.41, 5.74) is 3.94. The Labute approximate surface area is 58.0 Å². The van der Waals surface area contributed by atoms with Crippen LogP contribution in [0.4, 0.5) is 0 Å². The lowest BCUT2D eigenvalue weighted by molar-refractivity contribution is 1.01. The fourth-order valence-electron chi connectivity index (χ4n) is 1.07. The predicted octanol–water partition coefficient (Wildman–Crippen LogP) is 1.46. The Kier molecular flexibility index (Phi) is 1.05. The Balaban J connectivity index is 2.56. The summed E-state index contributed by atoms with van der Waals surface area (Å²) in [4.78, 5) is 0. The molecule has 0 unspecified atom stereocenters. The van der Waals surface area contributed by atoms with Gasteiger partial charge in [-0.05, 0) is 6.92 Å². The number of aryl methyl sites for hydroxylation is 1. The molecular weight excluding hydrogens is 132 g/mol. The number of thioether (sulfide) groups is 1. The Morgan fingerprint density at radius 3 is 3.22 bits per heavy atom. The summed E-state index contributed by atoms with van der Waals surface area (Å²) in [5.74, 6) is 2.27. The molecule has 1 aromatic rings. The van der Waals surface area contributed by atoms with Crippen LogP contribution in [0.15, 0.2) is 0 Å². The number of H-pyrrole nitrogens is 1. The van der Waals surface area contributed by atoms with Crippen LogP contribution in [0.5, 0.6) is 0 Å². The van der Waals surface area contributed by atoms with Crippen LogP contribution in [0.1, 0.15) is 17.0 Å². The third-order valence-corrected chi connectivity index (χ3v) is 2.64. The Morgan fingerprint density at radius 1 is 1.56 bits per heavy atom. The summed E-state index contributed by atoms with van der Waals surface area (Å²) in [5, 5.41) is 7.11. The molecule has 0 radical (unpaired) electrons. The Hall–Kier alpha value is -0.440. The van der Waals surface area contributed by atoms with Crippen LogP contribution in [0.3, 0.4) is 0 Å². The molecule has 2 heterocycles. The SMILES string of the molecule is Cc1n[nH]c2c1CSC2. The highest BCUT2D eigenvalue weighted by atomic mass is 32.2. The predicted molar refractivity (Wildman–Crippen MR) is 38.3 cm³/mol. The third-order valence-electron chi connectivity index (χ3n) is 1.65. The van der Waals surface area contributed by atoms with E-state index in [2.05, 4.69) is 17.1 Å². The van der Waals surface area contributed by atoms with Crippen molar-refractivity contribution < 1.29 is 0 Å². The molecular formula is C6H8N2S. The van der Waals surface area contributed by atoms with Crippen molar-refractivity contribution >= 4 is 11.8 Å². The van der Waals surface area contributed by atoms with E-state index in [0.29, 0.717) is 0 Å². The lowest BCUT2D eigenvalue weighted by Gasteiger charge is -1.84. The van der Waals surface area contributed by atoms with Crippen LogP contribution in [0, 0.1) is 6.92 Å². The van der Waals surface area contributed by atoms with Crippen molar-refractivity contribution in [1.29, 1.82) is 0 Å². The van der Waals surface area contributed by atoms with Crippen molar-refractivity contribution in [3.05, 3.63) is 17.0 Å². The number of aromatic amines is 1. The minimum Gasteiger partial charge on any atom is -0.281 e. The van der Waals surface area contributed by atoms with Gasteiger partial charge in [0.05, 0.1) is 5.69 Å². The van der Waals surface area contributed by atoms with Crippen molar-refractivity contribution in [1.82, 2.24) is 10.2 Å². The number of nitrogens with one attached hydrogen (secondary N) is 1. The van der Waals surface area contributed by atoms with Gasteiger partial charge in [0.25, 0.3) is 0 Å². The zero-order chi connectivity index (χ0) is 6.27. The van der Waals surface area contributed by atoms with Crippen LogP contribution in [-0.2, 0) is 11.5 Å². The molecule has 0 saturated heterocycles. The van der Waals surface area contributed by atoms with Gasteiger partial charge in [-0.2, -0.15) is 16.9 Å². The summed E-state index contributed by atoms with van der Waals surface area (Å²) < 4.78 is 0. The molecule has 2 rings (SSSR count). The minimum absolute atomic E-state index is 1.12. The highest BCUT2D eigenvalue weighted by Gasteiger charge is 2.15. The van der Waals surface area contributed by atoms with E-state index in [1.54, 1.807) is 0 Å². The lowest BCUT2D eigenvalue weighted by atomic mass is 10.2. The highest BCUT2D eigenvalue weighted by molar-refractivity contribution is 7.98. The third kappa shape index (κ3) is 0.678. The van der Waals surface area contributed by atoms with Gasteiger partial charge < -0.3 is 0 Å². The molecule has 0 aromatic carbocycles. The summed E-state index contributed by atoms with van der Waals surface area (Å²) in [6.45, 7) is 2.06. The number of nitrogens with zero attached hydrogens (tertiary/aromatic N) is 1. The van der Waals surface area contributed by atoms with Crippen molar-refractivity contribution in [2.45, 2.75) is 18.4 Å². The van der Waals surface area contributed by atoms with E-state index in [4.69, 9.17) is 0 Å². The lowest BCUT2D eigenvalue weighted by Crippen LogP contribution is -1.76. The van der Waals surface area contributed by atoms with E-state index in [9.17, 15) is 0 Å². The van der Waals surface area contributed by atoms with Gasteiger partial charge in [-0.15, -0.1) is 0 Å². The maximum Gasteiger partial charge on any atom is 0.0634 e. The first kappa shape index (κ1) is 5.35. The standard InChI is InChI=1S/C6H8N2S/c1-4-5-2-9-3-6(5)8-7-4/h2-3H2,1H3,(H,7,8). The summed E-state index contributed by atoms with van der Waals surface area (Å²) in [6.07, 6.45) is 0. The Morgan fingerprint density at radius 2 is 2.44 bits per heavy atom. The molecule has 0 bridgehead atoms. The topological polar surface area (TPSA) is 28.7 Å². The molecule has 0 atom stereocenters. The normalized spacial score (nSPS) is 16.1. The van der Waals surface area contributed by atoms with Gasteiger partial charge in [-0.1, -0.05) is 0 Å². The van der Waals surface area contributed by atoms with E-state index in [0.717, 1.165) is 11.5 Å². The number of rotatable bonds is 0. The first-order valence-corrected chi connectivity index (χ1v) is 4.14. The molecule has 0 spiro atoms. The molecule has 1 N–H and O–H groups in total. The van der Waals surface area contributed by atoms with Gasteiger partial charge in [-0.25, -0.2) is 0 Å². The second-order valence-corrected chi connectivity index (χ2v) is 3.24. The first-order chi connectivity index (χ1) is 4.38. The molecule has 1 aliphatic rings. The van der Waals surface area contributed by atoms with Crippen molar-refractivity contribution in [3.8, 4) is 0 Å². The molecule has 0 fully saturated rings. The zero-order valence-electron chi connectivity index (χ0n) is 5.27. The van der Waals surface area contributed by atoms with Gasteiger partial charge in [0.2, 0.25) is 0 Å². The van der Waals surface area contributed by atoms with Crippen LogP contribution >= 0.6 is 11.8 Å². The molecule has 0 aliphatic carbocycles. The van der Waals surface area contributed by atoms with Gasteiger partial charge in [0.1, 0.15) is 0 Å². The maximum absolute atomic E-state index is 4.10. The van der Waals surface area contributed by atoms with E-state index in [1.165, 1.54) is 17.0 Å². The fourth-order valence-corrected chi connectivity index (χ4v) is 2.20. The summed E-state index contributed by atoms with van der Waals surface area (Å²) >= 11 is 1.95. The molecule has 48 valence electrons. The molecule has 9 heavy (non-hydrogen) atoms. The quantitative estimate of drug-likeness (QED) is 0.591. The van der Waals surface area contributed by atoms with Crippen LogP contribution in [0.2, 0.25) is 0 Å². The van der Waals surface area contributed by atoms with Gasteiger partial charge >= 0.3 is 0 Å². The van der Waals surface area contributed by atoms with Crippen molar-refractivity contribution in [2.75, 3.05) is 0 Å². The summed E-state index contributed by atoms with van der Waals surface area (Å²) in [6, 6.07) is 0. The molecule has 1 aliphatic heterocycles. The zero-order valence-corrected chi connectivity index (χ0v) is 6.09. The molecule has 0 amide bonds. The molecule has 1 aromatic heterocycles. The minimum atomic E-state index is 1.12. The second kappa shape index (κ2) is 1.77. The molecule has 0 saturated carbocycles. The van der Waals surface area contributed by atoms with Gasteiger partial charge in [0, 0.05) is 22.8 Å². The van der Waals surface area contributed by atoms with Crippen molar-refractivity contribution in [2.24, 2.45) is 0 Å².